The molecular formula is C21H15ClN6O2S. The molecule has 0 radical (unpaired) electrons. The Kier molecular flexibility index (Phi) is 5.02. The molecule has 1 aliphatic heterocycles. The van der Waals surface area contributed by atoms with Crippen LogP contribution in [0.4, 0.5) is 5.82 Å². The van der Waals surface area contributed by atoms with Gasteiger partial charge in [0.15, 0.2) is 33.6 Å². The molecule has 4 aromatic rings. The zero-order valence-corrected chi connectivity index (χ0v) is 17.7. The van der Waals surface area contributed by atoms with Gasteiger partial charge in [0.25, 0.3) is 0 Å². The van der Waals surface area contributed by atoms with E-state index >= 15 is 0 Å². The second-order valence-electron chi connectivity index (χ2n) is 6.73. The number of fused-ring (bicyclic) bond motifs is 2. The van der Waals surface area contributed by atoms with E-state index in [4.69, 9.17) is 26.8 Å². The zero-order valence-electron chi connectivity index (χ0n) is 16.1. The Morgan fingerprint density at radius 3 is 2.81 bits per heavy atom. The number of halogens is 1. The van der Waals surface area contributed by atoms with E-state index in [1.165, 1.54) is 18.1 Å². The van der Waals surface area contributed by atoms with Crippen LogP contribution < -0.4 is 15.2 Å². The van der Waals surface area contributed by atoms with Crippen LogP contribution in [0.2, 0.25) is 5.02 Å². The number of imidazole rings is 1. The van der Waals surface area contributed by atoms with Crippen LogP contribution in [0.1, 0.15) is 11.1 Å². The third kappa shape index (κ3) is 3.60. The number of hydrogen-bond acceptors (Lipinski definition) is 8. The topological polar surface area (TPSA) is 112 Å². The van der Waals surface area contributed by atoms with E-state index in [1.54, 1.807) is 12.1 Å². The second kappa shape index (κ2) is 7.98. The summed E-state index contributed by atoms with van der Waals surface area (Å²) in [6.45, 7) is 0.711. The average Bonchev–Trinajstić information content (AvgIpc) is 3.37. The number of aryl methyl sites for hydroxylation is 2. The maximum atomic E-state index is 9.62. The van der Waals surface area contributed by atoms with Crippen LogP contribution in [0.15, 0.2) is 52.8 Å². The first-order valence-corrected chi connectivity index (χ1v) is 10.5. The molecule has 0 spiro atoms. The normalized spacial score (nSPS) is 12.3. The SMILES string of the molecule is N#Cc1cc2c(cc1Sc1nc3c(N)ncnc3n1CCc1ccccc1Cl)OCO2. The largest absolute Gasteiger partial charge is 0.454 e. The molecule has 0 unspecified atom stereocenters. The molecule has 5 rings (SSSR count). The van der Waals surface area contributed by atoms with Crippen molar-refractivity contribution in [1.82, 2.24) is 19.5 Å². The Morgan fingerprint density at radius 1 is 1.19 bits per heavy atom. The van der Waals surface area contributed by atoms with Gasteiger partial charge in [0.1, 0.15) is 12.4 Å². The van der Waals surface area contributed by atoms with Gasteiger partial charge in [-0.2, -0.15) is 5.26 Å². The molecular weight excluding hydrogens is 436 g/mol. The number of nitrogen functional groups attached to an aromatic ring is 1. The van der Waals surface area contributed by atoms with Gasteiger partial charge in [-0.05, 0) is 24.1 Å². The van der Waals surface area contributed by atoms with Gasteiger partial charge in [-0.1, -0.05) is 41.6 Å². The van der Waals surface area contributed by atoms with Gasteiger partial charge >= 0.3 is 0 Å². The zero-order chi connectivity index (χ0) is 21.4. The number of anilines is 1. The van der Waals surface area contributed by atoms with Crippen molar-refractivity contribution in [3.8, 4) is 17.6 Å². The van der Waals surface area contributed by atoms with E-state index in [-0.39, 0.29) is 6.79 Å². The summed E-state index contributed by atoms with van der Waals surface area (Å²) in [4.78, 5) is 13.8. The van der Waals surface area contributed by atoms with Crippen molar-refractivity contribution in [1.29, 1.82) is 5.26 Å². The number of ether oxygens (including phenoxy) is 2. The van der Waals surface area contributed by atoms with Crippen molar-refractivity contribution in [3.63, 3.8) is 0 Å². The van der Waals surface area contributed by atoms with Crippen molar-refractivity contribution in [2.24, 2.45) is 0 Å². The molecule has 2 aromatic carbocycles. The molecule has 8 nitrogen and oxygen atoms in total. The second-order valence-corrected chi connectivity index (χ2v) is 8.15. The minimum Gasteiger partial charge on any atom is -0.454 e. The molecule has 10 heteroatoms. The van der Waals surface area contributed by atoms with E-state index in [0.29, 0.717) is 62.1 Å². The number of nitrogens with two attached hydrogens (primary N) is 1. The van der Waals surface area contributed by atoms with Crippen molar-refractivity contribution < 1.29 is 9.47 Å². The lowest BCUT2D eigenvalue weighted by atomic mass is 10.1. The van der Waals surface area contributed by atoms with E-state index in [1.807, 2.05) is 28.8 Å². The third-order valence-electron chi connectivity index (χ3n) is 4.88. The van der Waals surface area contributed by atoms with Gasteiger partial charge in [0.05, 0.1) is 5.56 Å². The summed E-state index contributed by atoms with van der Waals surface area (Å²) in [6.07, 6.45) is 2.09. The molecule has 0 atom stereocenters. The van der Waals surface area contributed by atoms with Crippen molar-refractivity contribution in [3.05, 3.63) is 58.9 Å². The fourth-order valence-corrected chi connectivity index (χ4v) is 4.57. The van der Waals surface area contributed by atoms with Crippen LogP contribution in [0.25, 0.3) is 11.2 Å². The smallest absolute Gasteiger partial charge is 0.231 e. The highest BCUT2D eigenvalue weighted by molar-refractivity contribution is 7.99. The van der Waals surface area contributed by atoms with Gasteiger partial charge in [-0.25, -0.2) is 15.0 Å². The predicted octanol–water partition coefficient (Wildman–Crippen LogP) is 4.06. The number of nitriles is 1. The fourth-order valence-electron chi connectivity index (χ4n) is 3.34. The number of aromatic nitrogens is 4. The summed E-state index contributed by atoms with van der Waals surface area (Å²) < 4.78 is 12.8. The monoisotopic (exact) mass is 450 g/mol. The lowest BCUT2D eigenvalue weighted by molar-refractivity contribution is 0.174. The highest BCUT2D eigenvalue weighted by Gasteiger charge is 2.21. The molecule has 1 aliphatic rings. The highest BCUT2D eigenvalue weighted by atomic mass is 35.5. The molecule has 0 saturated heterocycles. The molecule has 3 heterocycles. The molecule has 2 aromatic heterocycles. The van der Waals surface area contributed by atoms with E-state index in [9.17, 15) is 5.26 Å². The van der Waals surface area contributed by atoms with Crippen LogP contribution in [-0.4, -0.2) is 26.3 Å². The van der Waals surface area contributed by atoms with Crippen molar-refractivity contribution in [2.75, 3.05) is 12.5 Å². The Balaban J connectivity index is 1.56. The quantitative estimate of drug-likeness (QED) is 0.484. The molecule has 2 N–H and O–H groups in total. The maximum Gasteiger partial charge on any atom is 0.231 e. The number of rotatable bonds is 5. The summed E-state index contributed by atoms with van der Waals surface area (Å²) in [5.74, 6) is 1.46. The van der Waals surface area contributed by atoms with Crippen LogP contribution >= 0.6 is 23.4 Å². The molecule has 0 amide bonds. The number of hydrogen-bond donors (Lipinski definition) is 1. The Morgan fingerprint density at radius 2 is 2.00 bits per heavy atom. The van der Waals surface area contributed by atoms with Gasteiger partial charge < -0.3 is 19.8 Å². The minimum absolute atomic E-state index is 0.136. The van der Waals surface area contributed by atoms with E-state index < -0.39 is 0 Å². The van der Waals surface area contributed by atoms with Crippen molar-refractivity contribution >= 4 is 40.3 Å². The molecule has 0 aliphatic carbocycles. The minimum atomic E-state index is 0.136. The van der Waals surface area contributed by atoms with Gasteiger partial charge in [0, 0.05) is 22.5 Å². The Labute approximate surface area is 186 Å². The van der Waals surface area contributed by atoms with Crippen LogP contribution in [-0.2, 0) is 13.0 Å². The first-order valence-electron chi connectivity index (χ1n) is 9.35. The maximum absolute atomic E-state index is 9.62. The fraction of sp³-hybridized carbons (Fsp3) is 0.143. The molecule has 31 heavy (non-hydrogen) atoms. The van der Waals surface area contributed by atoms with Gasteiger partial charge in [0.2, 0.25) is 6.79 Å². The first kappa shape index (κ1) is 19.5. The molecule has 154 valence electrons. The average molecular weight is 451 g/mol. The molecule has 0 bridgehead atoms. The highest BCUT2D eigenvalue weighted by Crippen LogP contribution is 2.41. The predicted molar refractivity (Wildman–Crippen MR) is 116 cm³/mol. The summed E-state index contributed by atoms with van der Waals surface area (Å²) in [6, 6.07) is 13.4. The molecule has 0 fully saturated rings. The first-order chi connectivity index (χ1) is 15.1. The van der Waals surface area contributed by atoms with Gasteiger partial charge in [-0.15, -0.1) is 0 Å². The van der Waals surface area contributed by atoms with Crippen LogP contribution in [0.5, 0.6) is 11.5 Å². The van der Waals surface area contributed by atoms with Crippen LogP contribution in [0, 0.1) is 11.3 Å². The standard InChI is InChI=1S/C21H15ClN6O2S/c22-14-4-2-1-3-12(14)5-6-28-20-18(19(24)25-10-26-20)27-21(28)31-17-8-16-15(29-11-30-16)7-13(17)9-23/h1-4,7-8,10H,5-6,11H2,(H2,24,25,26). The summed E-state index contributed by atoms with van der Waals surface area (Å²) in [5, 5.41) is 11.0. The third-order valence-corrected chi connectivity index (χ3v) is 6.31. The number of nitrogens with zero attached hydrogens (tertiary/aromatic N) is 5. The summed E-state index contributed by atoms with van der Waals surface area (Å²) >= 11 is 7.68. The number of benzene rings is 2. The van der Waals surface area contributed by atoms with E-state index in [2.05, 4.69) is 21.0 Å². The van der Waals surface area contributed by atoms with Gasteiger partial charge in [-0.3, -0.25) is 0 Å². The lowest BCUT2D eigenvalue weighted by Crippen LogP contribution is -2.05. The lowest BCUT2D eigenvalue weighted by Gasteiger charge is -2.10. The van der Waals surface area contributed by atoms with E-state index in [0.717, 1.165) is 5.56 Å². The summed E-state index contributed by atoms with van der Waals surface area (Å²) in [5.41, 5.74) is 8.68. The Hall–Kier alpha value is -3.48. The van der Waals surface area contributed by atoms with Crippen molar-refractivity contribution in [2.45, 2.75) is 23.0 Å². The summed E-state index contributed by atoms with van der Waals surface area (Å²) in [7, 11) is 0. The Bertz CT molecular complexity index is 1350. The van der Waals surface area contributed by atoms with Crippen LogP contribution in [0.3, 0.4) is 0 Å². The molecule has 0 saturated carbocycles.